The smallest absolute Gasteiger partial charge is 0.230 e. The number of benzene rings is 2. The lowest BCUT2D eigenvalue weighted by molar-refractivity contribution is -0.122. The molecule has 5 nitrogen and oxygen atoms in total. The van der Waals surface area contributed by atoms with Gasteiger partial charge in [0, 0.05) is 23.6 Å². The predicted octanol–water partition coefficient (Wildman–Crippen LogP) is 5.84. The van der Waals surface area contributed by atoms with Crippen LogP contribution in [0.5, 0.6) is 0 Å². The fourth-order valence-corrected chi connectivity index (χ4v) is 4.79. The SMILES string of the molecule is CC(C)C(=O)N1c2ccccc2NC2=C(C(=O)C[C@H](c3ccccc3)C2)[C@H]1c1ccco1. The Hall–Kier alpha value is -3.60. The predicted molar refractivity (Wildman–Crippen MR) is 124 cm³/mol. The molecule has 5 heteroatoms. The molecule has 0 saturated carbocycles. The van der Waals surface area contributed by atoms with E-state index in [-0.39, 0.29) is 23.5 Å². The number of carbonyl (C=O) groups excluding carboxylic acids is 2. The Morgan fingerprint density at radius 3 is 2.47 bits per heavy atom. The van der Waals surface area contributed by atoms with E-state index in [1.807, 2.05) is 62.4 Å². The Bertz CT molecular complexity index is 1180. The van der Waals surface area contributed by atoms with Crippen molar-refractivity contribution in [1.29, 1.82) is 0 Å². The Kier molecular flexibility index (Phi) is 5.17. The van der Waals surface area contributed by atoms with Gasteiger partial charge in [-0.1, -0.05) is 56.3 Å². The zero-order chi connectivity index (χ0) is 22.2. The van der Waals surface area contributed by atoms with Gasteiger partial charge in [-0.15, -0.1) is 0 Å². The van der Waals surface area contributed by atoms with Gasteiger partial charge in [-0.25, -0.2) is 0 Å². The highest BCUT2D eigenvalue weighted by molar-refractivity contribution is 6.06. The number of hydrogen-bond donors (Lipinski definition) is 1. The summed E-state index contributed by atoms with van der Waals surface area (Å²) in [6.45, 7) is 3.76. The second-order valence-corrected chi connectivity index (χ2v) is 8.75. The summed E-state index contributed by atoms with van der Waals surface area (Å²) in [6, 6.07) is 20.9. The monoisotopic (exact) mass is 426 g/mol. The van der Waals surface area contributed by atoms with Crippen LogP contribution in [-0.2, 0) is 9.59 Å². The molecule has 3 aromatic rings. The molecule has 0 spiro atoms. The van der Waals surface area contributed by atoms with Gasteiger partial charge >= 0.3 is 0 Å². The molecule has 2 aliphatic rings. The number of nitrogens with one attached hydrogen (secondary N) is 1. The minimum atomic E-state index is -0.602. The lowest BCUT2D eigenvalue weighted by Gasteiger charge is -2.34. The molecule has 2 atom stereocenters. The summed E-state index contributed by atoms with van der Waals surface area (Å²) in [4.78, 5) is 28.9. The number of carbonyl (C=O) groups is 2. The summed E-state index contributed by atoms with van der Waals surface area (Å²) in [7, 11) is 0. The maximum atomic E-state index is 13.7. The number of amides is 1. The number of fused-ring (bicyclic) bond motifs is 1. The highest BCUT2D eigenvalue weighted by Gasteiger charge is 2.43. The first-order valence-corrected chi connectivity index (χ1v) is 11.1. The molecule has 1 aliphatic carbocycles. The van der Waals surface area contributed by atoms with Crippen molar-refractivity contribution in [1.82, 2.24) is 0 Å². The standard InChI is InChI=1S/C27H26N2O3/c1-17(2)27(31)29-22-12-7-6-11-20(22)28-21-15-19(18-9-4-3-5-10-18)16-23(30)25(21)26(29)24-13-8-14-32-24/h3-14,17,19,26,28H,15-16H2,1-2H3/t19-,26-/m1/s1. The van der Waals surface area contributed by atoms with Gasteiger partial charge < -0.3 is 9.73 Å². The Morgan fingerprint density at radius 1 is 1.00 bits per heavy atom. The molecule has 162 valence electrons. The van der Waals surface area contributed by atoms with Crippen LogP contribution in [0.25, 0.3) is 0 Å². The van der Waals surface area contributed by atoms with Crippen molar-refractivity contribution in [3.8, 4) is 0 Å². The van der Waals surface area contributed by atoms with Gasteiger partial charge in [0.15, 0.2) is 5.78 Å². The van der Waals surface area contributed by atoms with Crippen LogP contribution in [0.15, 0.2) is 88.7 Å². The number of hydrogen-bond acceptors (Lipinski definition) is 4. The number of para-hydroxylation sites is 2. The van der Waals surface area contributed by atoms with Gasteiger partial charge in [0.1, 0.15) is 11.8 Å². The number of anilines is 2. The molecule has 0 fully saturated rings. The zero-order valence-corrected chi connectivity index (χ0v) is 18.2. The summed E-state index contributed by atoms with van der Waals surface area (Å²) in [5, 5.41) is 3.53. The highest BCUT2D eigenvalue weighted by Crippen LogP contribution is 2.47. The van der Waals surface area contributed by atoms with Gasteiger partial charge in [-0.3, -0.25) is 14.5 Å². The van der Waals surface area contributed by atoms with Crippen LogP contribution < -0.4 is 10.2 Å². The van der Waals surface area contributed by atoms with Gasteiger partial charge in [-0.2, -0.15) is 0 Å². The molecule has 1 N–H and O–H groups in total. The molecule has 0 radical (unpaired) electrons. The fourth-order valence-electron chi connectivity index (χ4n) is 4.79. The van der Waals surface area contributed by atoms with E-state index < -0.39 is 6.04 Å². The van der Waals surface area contributed by atoms with Crippen molar-refractivity contribution >= 4 is 23.1 Å². The highest BCUT2D eigenvalue weighted by atomic mass is 16.3. The maximum absolute atomic E-state index is 13.7. The lowest BCUT2D eigenvalue weighted by Crippen LogP contribution is -2.40. The lowest BCUT2D eigenvalue weighted by atomic mass is 9.79. The molecule has 1 aromatic heterocycles. The van der Waals surface area contributed by atoms with Gasteiger partial charge in [0.05, 0.1) is 17.6 Å². The zero-order valence-electron chi connectivity index (χ0n) is 18.2. The van der Waals surface area contributed by atoms with Crippen molar-refractivity contribution in [2.75, 3.05) is 10.2 Å². The summed E-state index contributed by atoms with van der Waals surface area (Å²) >= 11 is 0. The molecule has 1 amide bonds. The third-order valence-corrected chi connectivity index (χ3v) is 6.30. The number of allylic oxidation sites excluding steroid dienone is 1. The Labute approximate surface area is 187 Å². The van der Waals surface area contributed by atoms with Gasteiger partial charge in [-0.05, 0) is 42.2 Å². The second-order valence-electron chi connectivity index (χ2n) is 8.75. The van der Waals surface area contributed by atoms with Crippen LogP contribution in [-0.4, -0.2) is 11.7 Å². The quantitative estimate of drug-likeness (QED) is 0.572. The average molecular weight is 427 g/mol. The van der Waals surface area contributed by atoms with E-state index in [2.05, 4.69) is 17.4 Å². The molecular weight excluding hydrogens is 400 g/mol. The van der Waals surface area contributed by atoms with Crippen LogP contribution in [0.4, 0.5) is 11.4 Å². The number of rotatable bonds is 3. The first kappa shape index (κ1) is 20.3. The van der Waals surface area contributed by atoms with Crippen LogP contribution in [0, 0.1) is 5.92 Å². The van der Waals surface area contributed by atoms with E-state index >= 15 is 0 Å². The Morgan fingerprint density at radius 2 is 1.75 bits per heavy atom. The van der Waals surface area contributed by atoms with E-state index in [1.165, 1.54) is 0 Å². The summed E-state index contributed by atoms with van der Waals surface area (Å²) in [5.74, 6) is 0.442. The number of furan rings is 1. The summed E-state index contributed by atoms with van der Waals surface area (Å²) in [5.41, 5.74) is 4.22. The minimum absolute atomic E-state index is 0.0448. The van der Waals surface area contributed by atoms with E-state index in [9.17, 15) is 9.59 Å². The normalized spacial score (nSPS) is 20.5. The van der Waals surface area contributed by atoms with E-state index in [1.54, 1.807) is 17.2 Å². The molecule has 0 saturated heterocycles. The first-order chi connectivity index (χ1) is 15.5. The minimum Gasteiger partial charge on any atom is -0.467 e. The van der Waals surface area contributed by atoms with Crippen LogP contribution >= 0.6 is 0 Å². The average Bonchev–Trinajstić information content (AvgIpc) is 3.28. The topological polar surface area (TPSA) is 62.6 Å². The number of ketones is 1. The van der Waals surface area contributed by atoms with Crippen molar-refractivity contribution in [3.63, 3.8) is 0 Å². The van der Waals surface area contributed by atoms with Crippen molar-refractivity contribution in [3.05, 3.63) is 95.6 Å². The van der Waals surface area contributed by atoms with E-state index in [4.69, 9.17) is 4.42 Å². The fraction of sp³-hybridized carbons (Fsp3) is 0.259. The van der Waals surface area contributed by atoms with Crippen LogP contribution in [0.3, 0.4) is 0 Å². The second kappa shape index (κ2) is 8.15. The van der Waals surface area contributed by atoms with Crippen LogP contribution in [0.1, 0.15) is 50.0 Å². The Balaban J connectivity index is 1.70. The first-order valence-electron chi connectivity index (χ1n) is 11.1. The number of nitrogens with zero attached hydrogens (tertiary/aromatic N) is 1. The molecule has 1 aliphatic heterocycles. The molecular formula is C27H26N2O3. The largest absolute Gasteiger partial charge is 0.467 e. The van der Waals surface area contributed by atoms with E-state index in [0.717, 1.165) is 22.6 Å². The van der Waals surface area contributed by atoms with Gasteiger partial charge in [0.25, 0.3) is 0 Å². The van der Waals surface area contributed by atoms with Crippen molar-refractivity contribution in [2.24, 2.45) is 5.92 Å². The van der Waals surface area contributed by atoms with Crippen LogP contribution in [0.2, 0.25) is 0 Å². The van der Waals surface area contributed by atoms with Gasteiger partial charge in [0.2, 0.25) is 5.91 Å². The summed E-state index contributed by atoms with van der Waals surface area (Å²) < 4.78 is 5.80. The summed E-state index contributed by atoms with van der Waals surface area (Å²) in [6.07, 6.45) is 2.69. The molecule has 2 aromatic carbocycles. The van der Waals surface area contributed by atoms with E-state index in [0.29, 0.717) is 24.2 Å². The third-order valence-electron chi connectivity index (χ3n) is 6.30. The molecule has 5 rings (SSSR count). The maximum Gasteiger partial charge on any atom is 0.230 e. The van der Waals surface area contributed by atoms with Crippen molar-refractivity contribution < 1.29 is 14.0 Å². The number of Topliss-reactive ketones (excluding diaryl/α,β-unsaturated/α-hetero) is 1. The van der Waals surface area contributed by atoms with Crippen molar-refractivity contribution in [2.45, 2.75) is 38.6 Å². The molecule has 0 unspecified atom stereocenters. The third kappa shape index (κ3) is 3.44. The molecule has 0 bridgehead atoms. The molecule has 32 heavy (non-hydrogen) atoms. The molecule has 2 heterocycles.